The lowest BCUT2D eigenvalue weighted by Gasteiger charge is -2.41. The second-order valence-corrected chi connectivity index (χ2v) is 22.0. The summed E-state index contributed by atoms with van der Waals surface area (Å²) < 4.78 is 20.4. The Morgan fingerprint density at radius 3 is 1.09 bits per heavy atom. The molecule has 6 aromatic heterocycles. The summed E-state index contributed by atoms with van der Waals surface area (Å²) in [6.07, 6.45) is 0. The van der Waals surface area contributed by atoms with Crippen LogP contribution in [0.3, 0.4) is 0 Å². The van der Waals surface area contributed by atoms with E-state index in [1.807, 2.05) is 0 Å². The van der Waals surface area contributed by atoms with E-state index >= 15 is 0 Å². The van der Waals surface area contributed by atoms with Crippen LogP contribution in [0, 0.1) is 0 Å². The zero-order valence-electron chi connectivity index (χ0n) is 43.3. The average molecular weight is 1000 g/mol. The maximum Gasteiger partial charge on any atom is 0.256 e. The lowest BCUT2D eigenvalue weighted by molar-refractivity contribution is 0.472. The summed E-state index contributed by atoms with van der Waals surface area (Å²) in [6, 6.07) is 69.1. The largest absolute Gasteiger partial charge is 0.456 e. The van der Waals surface area contributed by atoms with E-state index in [0.29, 0.717) is 0 Å². The van der Waals surface area contributed by atoms with Gasteiger partial charge in [-0.1, -0.05) is 173 Å². The number of rotatable bonds is 6. The molecule has 0 atom stereocenters. The first-order valence-electron chi connectivity index (χ1n) is 27.2. The van der Waals surface area contributed by atoms with Crippen molar-refractivity contribution in [1.29, 1.82) is 0 Å². The van der Waals surface area contributed by atoms with Gasteiger partial charge in [0.2, 0.25) is 0 Å². The fourth-order valence-corrected chi connectivity index (χ4v) is 13.3. The van der Waals surface area contributed by atoms with Crippen molar-refractivity contribution in [3.63, 3.8) is 0 Å². The maximum absolute atomic E-state index is 7.76. The summed E-state index contributed by atoms with van der Waals surface area (Å²) in [4.78, 5) is 22.5. The van der Waals surface area contributed by atoms with Gasteiger partial charge in [0.25, 0.3) is 13.4 Å². The van der Waals surface area contributed by atoms with Crippen molar-refractivity contribution < 1.29 is 9.47 Å². The van der Waals surface area contributed by atoms with Gasteiger partial charge in [0.05, 0.1) is 56.2 Å². The molecule has 17 rings (SSSR count). The molecule has 78 heavy (non-hydrogen) atoms. The first-order chi connectivity index (χ1) is 38.3. The minimum absolute atomic E-state index is 0.280. The lowest BCUT2D eigenvalue weighted by Crippen LogP contribution is -2.63. The molecule has 4 aliphatic heterocycles. The topological polar surface area (TPSA) is 79.9 Å². The summed E-state index contributed by atoms with van der Waals surface area (Å²) in [5.41, 5.74) is 26.0. The summed E-state index contributed by atoms with van der Waals surface area (Å²) in [7, 11) is 0. The quantitative estimate of drug-likeness (QED) is 0.154. The normalized spacial score (nSPS) is 13.3. The van der Waals surface area contributed by atoms with E-state index in [4.69, 9.17) is 29.4 Å². The van der Waals surface area contributed by atoms with Gasteiger partial charge in [-0.15, -0.1) is 0 Å². The van der Waals surface area contributed by atoms with Gasteiger partial charge in [0.1, 0.15) is 45.1 Å². The molecule has 4 aliphatic rings. The third-order valence-corrected chi connectivity index (χ3v) is 17.0. The Labute approximate surface area is 450 Å². The van der Waals surface area contributed by atoms with Crippen molar-refractivity contribution in [1.82, 2.24) is 29.1 Å². The van der Waals surface area contributed by atoms with Crippen LogP contribution in [0.4, 0.5) is 0 Å². The molecule has 0 N–H and O–H groups in total. The van der Waals surface area contributed by atoms with Crippen LogP contribution in [0.15, 0.2) is 194 Å². The Balaban J connectivity index is 1.08. The van der Waals surface area contributed by atoms with Gasteiger partial charge in [-0.3, -0.25) is 0 Å². The fourth-order valence-electron chi connectivity index (χ4n) is 13.3. The molecule has 0 aliphatic carbocycles. The highest BCUT2D eigenvalue weighted by atomic mass is 16.5. The number of aromatic nitrogens is 6. The zero-order chi connectivity index (χ0) is 51.7. The molecule has 366 valence electrons. The summed E-state index contributed by atoms with van der Waals surface area (Å²) in [5, 5.41) is 0. The molecule has 0 saturated heterocycles. The molecule has 0 spiro atoms. The molecule has 0 bridgehead atoms. The van der Waals surface area contributed by atoms with Crippen LogP contribution in [-0.2, 0) is 0 Å². The monoisotopic (exact) mass is 1000 g/mol. The highest BCUT2D eigenvalue weighted by molar-refractivity contribution is 7.02. The van der Waals surface area contributed by atoms with Gasteiger partial charge in [0, 0.05) is 33.2 Å². The van der Waals surface area contributed by atoms with Crippen molar-refractivity contribution in [3.8, 4) is 79.4 Å². The Hall–Kier alpha value is -9.53. The standard InChI is InChI=1S/C68H46B2N6O2/c1-37(2)43-25-31-55-45(33-43)69-47-35-51(41-21-13-7-14-22-41)73-61-59-53(29-27-49(71-59)39-17-9-5-10-18-39)75(63(47)61)65-57(69)67(77-55)66-58-68(65)78-56-32-26-44(38(3)4)34-46(56)70(58)48-36-52(42-23-15-8-16-24-42)74-62-60-54(76(66)64(48)62)30-28-50(72-60)40-19-11-6-12-20-40/h5-38H,1-4H3. The molecule has 13 aromatic rings. The molecular weight excluding hydrogens is 954 g/mol. The van der Waals surface area contributed by atoms with Crippen LogP contribution < -0.4 is 42.3 Å². The lowest BCUT2D eigenvalue weighted by atomic mass is 9.31. The van der Waals surface area contributed by atoms with Gasteiger partial charge < -0.3 is 18.6 Å². The molecule has 10 heteroatoms. The Bertz CT molecular complexity index is 4440. The zero-order valence-corrected chi connectivity index (χ0v) is 43.3. The van der Waals surface area contributed by atoms with E-state index in [2.05, 4.69) is 231 Å². The predicted molar refractivity (Wildman–Crippen MR) is 319 cm³/mol. The molecule has 0 radical (unpaired) electrons. The second-order valence-electron chi connectivity index (χ2n) is 22.0. The minimum atomic E-state index is -0.288. The molecule has 7 aromatic carbocycles. The molecule has 0 saturated carbocycles. The first-order valence-corrected chi connectivity index (χ1v) is 27.2. The van der Waals surface area contributed by atoms with Crippen molar-refractivity contribution in [2.24, 2.45) is 0 Å². The van der Waals surface area contributed by atoms with E-state index in [1.165, 1.54) is 11.1 Å². The summed E-state index contributed by atoms with van der Waals surface area (Å²) in [6.45, 7) is 8.49. The molecular formula is C68H46B2N6O2. The predicted octanol–water partition coefficient (Wildman–Crippen LogP) is 12.2. The summed E-state index contributed by atoms with van der Waals surface area (Å²) >= 11 is 0. The number of hydrogen-bond acceptors (Lipinski definition) is 6. The summed E-state index contributed by atoms with van der Waals surface area (Å²) in [5.74, 6) is 3.82. The second kappa shape index (κ2) is 16.0. The van der Waals surface area contributed by atoms with Gasteiger partial charge in [-0.05, 0) is 93.3 Å². The van der Waals surface area contributed by atoms with E-state index < -0.39 is 0 Å². The highest BCUT2D eigenvalue weighted by Crippen LogP contribution is 2.49. The number of fused-ring (bicyclic) bond motifs is 16. The number of ether oxygens (including phenoxy) is 2. The minimum Gasteiger partial charge on any atom is -0.456 e. The smallest absolute Gasteiger partial charge is 0.256 e. The fraction of sp³-hybridized carbons (Fsp3) is 0.0882. The van der Waals surface area contributed by atoms with Gasteiger partial charge in [0.15, 0.2) is 0 Å². The molecule has 10 heterocycles. The van der Waals surface area contributed by atoms with E-state index in [1.54, 1.807) is 0 Å². The average Bonchev–Trinajstić information content (AvgIpc) is 4.11. The van der Waals surface area contributed by atoms with Crippen LogP contribution in [0.1, 0.15) is 50.7 Å². The van der Waals surface area contributed by atoms with Crippen LogP contribution in [-0.4, -0.2) is 42.5 Å². The number of benzene rings is 7. The van der Waals surface area contributed by atoms with Crippen LogP contribution >= 0.6 is 0 Å². The third kappa shape index (κ3) is 5.97. The number of nitrogens with zero attached hydrogens (tertiary/aromatic N) is 6. The highest BCUT2D eigenvalue weighted by Gasteiger charge is 2.51. The third-order valence-electron chi connectivity index (χ3n) is 17.0. The Morgan fingerprint density at radius 1 is 0.359 bits per heavy atom. The van der Waals surface area contributed by atoms with Crippen molar-refractivity contribution in [2.75, 3.05) is 0 Å². The van der Waals surface area contributed by atoms with Gasteiger partial charge >= 0.3 is 0 Å². The van der Waals surface area contributed by atoms with Crippen molar-refractivity contribution >= 4 is 90.3 Å². The van der Waals surface area contributed by atoms with Gasteiger partial charge in [-0.2, -0.15) is 0 Å². The van der Waals surface area contributed by atoms with Crippen molar-refractivity contribution in [2.45, 2.75) is 39.5 Å². The van der Waals surface area contributed by atoms with Crippen LogP contribution in [0.2, 0.25) is 0 Å². The van der Waals surface area contributed by atoms with E-state index in [0.717, 1.165) is 156 Å². The van der Waals surface area contributed by atoms with Gasteiger partial charge in [-0.25, -0.2) is 19.9 Å². The van der Waals surface area contributed by atoms with Crippen LogP contribution in [0.25, 0.3) is 101 Å². The number of hydrogen-bond donors (Lipinski definition) is 0. The van der Waals surface area contributed by atoms with E-state index in [-0.39, 0.29) is 25.3 Å². The molecule has 0 fully saturated rings. The first kappa shape index (κ1) is 43.7. The Morgan fingerprint density at radius 2 is 0.718 bits per heavy atom. The van der Waals surface area contributed by atoms with Crippen LogP contribution in [0.5, 0.6) is 23.0 Å². The maximum atomic E-state index is 7.76. The SMILES string of the molecule is CC(C)c1ccc2c(c1)B1c3c(c4c5c(c3-n3c6ccc(-c7ccccc7)nc6c6nc(-c7ccccc7)cc1c63)Oc1ccc(C(C)C)cc1B5c1cc(-c3ccccc3)nc3c5nc(-c6ccccc6)ccc5n-4c13)O2. The number of pyridine rings is 4. The van der Waals surface area contributed by atoms with Crippen molar-refractivity contribution in [3.05, 3.63) is 205 Å². The Kier molecular flexibility index (Phi) is 8.96. The van der Waals surface area contributed by atoms with E-state index in [9.17, 15) is 0 Å². The molecule has 8 nitrogen and oxygen atoms in total. The molecule has 0 amide bonds. The molecule has 0 unspecified atom stereocenters.